The van der Waals surface area contributed by atoms with Crippen LogP contribution in [0.5, 0.6) is 5.75 Å². The topological polar surface area (TPSA) is 55.4 Å². The van der Waals surface area contributed by atoms with Gasteiger partial charge >= 0.3 is 0 Å². The Hall–Kier alpha value is -1.92. The summed E-state index contributed by atoms with van der Waals surface area (Å²) in [6.45, 7) is 1.72. The van der Waals surface area contributed by atoms with Crippen LogP contribution in [0.2, 0.25) is 0 Å². The lowest BCUT2D eigenvalue weighted by Gasteiger charge is -2.17. The first-order chi connectivity index (χ1) is 10.4. The molecule has 118 valence electrons. The number of nitrogens with one attached hydrogen (secondary N) is 1. The van der Waals surface area contributed by atoms with Crippen molar-refractivity contribution in [1.82, 2.24) is 4.72 Å². The van der Waals surface area contributed by atoms with Crippen molar-refractivity contribution >= 4 is 10.0 Å². The Morgan fingerprint density at radius 2 is 1.77 bits per heavy atom. The highest BCUT2D eigenvalue weighted by molar-refractivity contribution is 7.88. The first-order valence-electron chi connectivity index (χ1n) is 6.79. The summed E-state index contributed by atoms with van der Waals surface area (Å²) >= 11 is 0. The van der Waals surface area contributed by atoms with Crippen LogP contribution >= 0.6 is 0 Å². The van der Waals surface area contributed by atoms with E-state index in [0.29, 0.717) is 5.75 Å². The van der Waals surface area contributed by atoms with Crippen molar-refractivity contribution in [1.29, 1.82) is 0 Å². The molecule has 0 spiro atoms. The van der Waals surface area contributed by atoms with Gasteiger partial charge in [0, 0.05) is 17.2 Å². The van der Waals surface area contributed by atoms with Gasteiger partial charge in [-0.3, -0.25) is 0 Å². The Balaban J connectivity index is 2.16. The number of sulfonamides is 1. The molecule has 0 radical (unpaired) electrons. The number of para-hydroxylation sites is 1. The van der Waals surface area contributed by atoms with Crippen LogP contribution in [-0.2, 0) is 15.8 Å². The molecule has 22 heavy (non-hydrogen) atoms. The summed E-state index contributed by atoms with van der Waals surface area (Å²) in [5.74, 6) is -0.333. The van der Waals surface area contributed by atoms with Gasteiger partial charge in [-0.2, -0.15) is 0 Å². The number of hydrogen-bond acceptors (Lipinski definition) is 3. The van der Waals surface area contributed by atoms with E-state index in [1.807, 2.05) is 6.07 Å². The van der Waals surface area contributed by atoms with Gasteiger partial charge in [0.05, 0.1) is 12.9 Å². The second-order valence-corrected chi connectivity index (χ2v) is 6.69. The molecule has 1 N–H and O–H groups in total. The molecular weight excluding hydrogens is 305 g/mol. The monoisotopic (exact) mass is 323 g/mol. The lowest BCUT2D eigenvalue weighted by molar-refractivity contribution is 0.405. The Morgan fingerprint density at radius 3 is 2.45 bits per heavy atom. The van der Waals surface area contributed by atoms with Crippen LogP contribution < -0.4 is 9.46 Å². The molecule has 2 rings (SSSR count). The van der Waals surface area contributed by atoms with Crippen molar-refractivity contribution in [2.24, 2.45) is 0 Å². The smallest absolute Gasteiger partial charge is 0.216 e. The van der Waals surface area contributed by atoms with E-state index in [2.05, 4.69) is 4.72 Å². The van der Waals surface area contributed by atoms with E-state index in [1.165, 1.54) is 25.3 Å². The van der Waals surface area contributed by atoms with Gasteiger partial charge in [-0.05, 0) is 19.1 Å². The average molecular weight is 323 g/mol. The van der Waals surface area contributed by atoms with Crippen LogP contribution in [0.25, 0.3) is 0 Å². The van der Waals surface area contributed by atoms with Gasteiger partial charge in [0.25, 0.3) is 0 Å². The van der Waals surface area contributed by atoms with Crippen molar-refractivity contribution in [2.75, 3.05) is 7.11 Å². The molecule has 0 amide bonds. The van der Waals surface area contributed by atoms with Crippen LogP contribution in [0.15, 0.2) is 48.5 Å². The Bertz CT molecular complexity index is 747. The number of hydrogen-bond donors (Lipinski definition) is 1. The fourth-order valence-corrected chi connectivity index (χ4v) is 3.61. The SMILES string of the molecule is COc1ccccc1C(C)NS(=O)(=O)Cc1ccccc1F. The quantitative estimate of drug-likeness (QED) is 0.889. The maximum atomic E-state index is 13.6. The Morgan fingerprint density at radius 1 is 1.14 bits per heavy atom. The maximum Gasteiger partial charge on any atom is 0.216 e. The molecule has 2 aromatic carbocycles. The molecule has 0 aromatic heterocycles. The first-order valence-corrected chi connectivity index (χ1v) is 8.44. The largest absolute Gasteiger partial charge is 0.496 e. The Labute approximate surface area is 130 Å². The minimum absolute atomic E-state index is 0.141. The highest BCUT2D eigenvalue weighted by atomic mass is 32.2. The van der Waals surface area contributed by atoms with E-state index in [4.69, 9.17) is 4.74 Å². The average Bonchev–Trinajstić information content (AvgIpc) is 2.49. The molecule has 0 saturated carbocycles. The van der Waals surface area contributed by atoms with Gasteiger partial charge in [-0.1, -0.05) is 36.4 Å². The second-order valence-electron chi connectivity index (χ2n) is 4.93. The highest BCUT2D eigenvalue weighted by Gasteiger charge is 2.20. The summed E-state index contributed by atoms with van der Waals surface area (Å²) in [6.07, 6.45) is 0. The van der Waals surface area contributed by atoms with Crippen molar-refractivity contribution in [3.8, 4) is 5.75 Å². The van der Waals surface area contributed by atoms with Gasteiger partial charge in [0.2, 0.25) is 10.0 Å². The van der Waals surface area contributed by atoms with Crippen molar-refractivity contribution in [2.45, 2.75) is 18.7 Å². The number of halogens is 1. The van der Waals surface area contributed by atoms with Gasteiger partial charge in [0.1, 0.15) is 11.6 Å². The lowest BCUT2D eigenvalue weighted by atomic mass is 10.1. The summed E-state index contributed by atoms with van der Waals surface area (Å²) in [5.41, 5.74) is 0.865. The molecular formula is C16H18FNO3S. The van der Waals surface area contributed by atoms with Gasteiger partial charge in [-0.25, -0.2) is 17.5 Å². The molecule has 0 bridgehead atoms. The number of rotatable bonds is 6. The minimum atomic E-state index is -3.68. The Kier molecular flexibility index (Phi) is 5.15. The predicted molar refractivity (Wildman–Crippen MR) is 83.6 cm³/mol. The molecule has 1 atom stereocenters. The predicted octanol–water partition coefficient (Wildman–Crippen LogP) is 3.01. The van der Waals surface area contributed by atoms with E-state index >= 15 is 0 Å². The van der Waals surface area contributed by atoms with Crippen molar-refractivity contribution in [3.63, 3.8) is 0 Å². The van der Waals surface area contributed by atoms with Crippen molar-refractivity contribution < 1.29 is 17.5 Å². The van der Waals surface area contributed by atoms with Crippen LogP contribution in [0.1, 0.15) is 24.1 Å². The molecule has 0 heterocycles. The van der Waals surface area contributed by atoms with Gasteiger partial charge in [0.15, 0.2) is 0 Å². The first kappa shape index (κ1) is 16.5. The second kappa shape index (κ2) is 6.89. The third-order valence-corrected chi connectivity index (χ3v) is 4.67. The number of methoxy groups -OCH3 is 1. The van der Waals surface area contributed by atoms with E-state index in [9.17, 15) is 12.8 Å². The normalized spacial score (nSPS) is 12.9. The fourth-order valence-electron chi connectivity index (χ4n) is 2.22. The van der Waals surface area contributed by atoms with Crippen LogP contribution in [-0.4, -0.2) is 15.5 Å². The van der Waals surface area contributed by atoms with Crippen LogP contribution in [0, 0.1) is 5.82 Å². The molecule has 2 aromatic rings. The minimum Gasteiger partial charge on any atom is -0.496 e. The molecule has 1 unspecified atom stereocenters. The summed E-state index contributed by atoms with van der Waals surface area (Å²) < 4.78 is 45.8. The zero-order valence-electron chi connectivity index (χ0n) is 12.4. The van der Waals surface area contributed by atoms with Crippen molar-refractivity contribution in [3.05, 3.63) is 65.5 Å². The molecule has 6 heteroatoms. The van der Waals surface area contributed by atoms with E-state index < -0.39 is 27.6 Å². The third kappa shape index (κ3) is 4.05. The summed E-state index contributed by atoms with van der Waals surface area (Å²) in [5, 5.41) is 0. The molecule has 0 fully saturated rings. The zero-order valence-corrected chi connectivity index (χ0v) is 13.2. The molecule has 4 nitrogen and oxygen atoms in total. The highest BCUT2D eigenvalue weighted by Crippen LogP contribution is 2.25. The van der Waals surface area contributed by atoms with Gasteiger partial charge in [-0.15, -0.1) is 0 Å². The maximum absolute atomic E-state index is 13.6. The van der Waals surface area contributed by atoms with E-state index in [-0.39, 0.29) is 5.56 Å². The van der Waals surface area contributed by atoms with Crippen LogP contribution in [0.4, 0.5) is 4.39 Å². The van der Waals surface area contributed by atoms with E-state index in [0.717, 1.165) is 5.56 Å². The molecule has 0 aliphatic rings. The molecule has 0 aliphatic heterocycles. The summed E-state index contributed by atoms with van der Waals surface area (Å²) in [6, 6.07) is 12.5. The number of ether oxygens (including phenoxy) is 1. The summed E-state index contributed by atoms with van der Waals surface area (Å²) in [7, 11) is -2.15. The van der Waals surface area contributed by atoms with Gasteiger partial charge < -0.3 is 4.74 Å². The zero-order chi connectivity index (χ0) is 16.2. The fraction of sp³-hybridized carbons (Fsp3) is 0.250. The van der Waals surface area contributed by atoms with E-state index in [1.54, 1.807) is 31.2 Å². The molecule has 0 saturated heterocycles. The number of benzene rings is 2. The molecule has 0 aliphatic carbocycles. The summed E-state index contributed by atoms with van der Waals surface area (Å²) in [4.78, 5) is 0. The van der Waals surface area contributed by atoms with Crippen LogP contribution in [0.3, 0.4) is 0 Å². The lowest BCUT2D eigenvalue weighted by Crippen LogP contribution is -2.28. The third-order valence-electron chi connectivity index (χ3n) is 3.27. The standard InChI is InChI=1S/C16H18FNO3S/c1-12(14-8-4-6-10-16(14)21-2)18-22(19,20)11-13-7-3-5-9-15(13)17/h3-10,12,18H,11H2,1-2H3.